The molecule has 1 atom stereocenters. The highest BCUT2D eigenvalue weighted by molar-refractivity contribution is 5.95. The summed E-state index contributed by atoms with van der Waals surface area (Å²) in [6.45, 7) is 3.61. The number of aryl methyl sites for hydroxylation is 3. The topological polar surface area (TPSA) is 89.3 Å². The number of carbonyl (C=O) groups excluding carboxylic acids is 1. The van der Waals surface area contributed by atoms with Crippen molar-refractivity contribution in [3.63, 3.8) is 0 Å². The van der Waals surface area contributed by atoms with E-state index >= 15 is 0 Å². The lowest BCUT2D eigenvalue weighted by Gasteiger charge is -2.19. The van der Waals surface area contributed by atoms with Crippen molar-refractivity contribution in [3.05, 3.63) is 59.1 Å². The van der Waals surface area contributed by atoms with E-state index in [1.165, 1.54) is 6.26 Å². The molecule has 0 aliphatic carbocycles. The quantitative estimate of drug-likeness (QED) is 0.772. The van der Waals surface area contributed by atoms with E-state index in [9.17, 15) is 9.90 Å². The second kappa shape index (κ2) is 6.45. The van der Waals surface area contributed by atoms with Crippen molar-refractivity contribution in [2.45, 2.75) is 32.5 Å². The molecule has 0 bridgehead atoms. The van der Waals surface area contributed by atoms with Crippen LogP contribution in [0.25, 0.3) is 0 Å². The molecule has 0 unspecified atom stereocenters. The third kappa shape index (κ3) is 2.82. The van der Waals surface area contributed by atoms with Gasteiger partial charge in [0.15, 0.2) is 0 Å². The summed E-state index contributed by atoms with van der Waals surface area (Å²) in [5.74, 6) is 0.583. The van der Waals surface area contributed by atoms with E-state index in [-0.39, 0.29) is 5.91 Å². The number of rotatable bonds is 3. The molecule has 0 radical (unpaired) electrons. The summed E-state index contributed by atoms with van der Waals surface area (Å²) in [7, 11) is 1.78. The Hall–Kier alpha value is -2.87. The molecule has 0 spiro atoms. The zero-order valence-electron chi connectivity index (χ0n) is 14.8. The Balaban J connectivity index is 1.59. The second-order valence-corrected chi connectivity index (χ2v) is 6.54. The minimum atomic E-state index is -0.845. The highest BCUT2D eigenvalue weighted by atomic mass is 16.3. The van der Waals surface area contributed by atoms with Gasteiger partial charge in [0.05, 0.1) is 35.5 Å². The van der Waals surface area contributed by atoms with Gasteiger partial charge >= 0.3 is 0 Å². The number of hydrogen-bond donors (Lipinski definition) is 1. The molecule has 1 aliphatic heterocycles. The van der Waals surface area contributed by atoms with Crippen LogP contribution in [0.5, 0.6) is 0 Å². The molecule has 0 saturated heterocycles. The molecule has 3 aromatic heterocycles. The van der Waals surface area contributed by atoms with Gasteiger partial charge in [0.25, 0.3) is 5.91 Å². The van der Waals surface area contributed by atoms with Crippen LogP contribution >= 0.6 is 0 Å². The van der Waals surface area contributed by atoms with E-state index in [0.29, 0.717) is 42.3 Å². The van der Waals surface area contributed by atoms with Gasteiger partial charge in [-0.1, -0.05) is 0 Å². The summed E-state index contributed by atoms with van der Waals surface area (Å²) < 4.78 is 8.77. The Kier molecular flexibility index (Phi) is 4.12. The van der Waals surface area contributed by atoms with Gasteiger partial charge < -0.3 is 14.4 Å². The molecule has 8 heteroatoms. The Labute approximate surface area is 150 Å². The van der Waals surface area contributed by atoms with E-state index < -0.39 is 6.10 Å². The van der Waals surface area contributed by atoms with Gasteiger partial charge in [0, 0.05) is 26.3 Å². The monoisotopic (exact) mass is 355 g/mol. The van der Waals surface area contributed by atoms with Crippen LogP contribution in [0.4, 0.5) is 0 Å². The van der Waals surface area contributed by atoms with Crippen LogP contribution < -0.4 is 0 Å². The van der Waals surface area contributed by atoms with E-state index in [2.05, 4.69) is 10.2 Å². The van der Waals surface area contributed by atoms with Gasteiger partial charge in [-0.05, 0) is 31.5 Å². The molecule has 1 N–H and O–H groups in total. The fourth-order valence-corrected chi connectivity index (χ4v) is 3.37. The van der Waals surface area contributed by atoms with Crippen molar-refractivity contribution in [1.29, 1.82) is 0 Å². The molecule has 4 heterocycles. The zero-order valence-corrected chi connectivity index (χ0v) is 14.8. The molecule has 0 aromatic carbocycles. The SMILES string of the molecule is Cc1occc1C(=O)N1CCCn2nc([C@H](O)c3ccnn3C)cc2C1. The summed E-state index contributed by atoms with van der Waals surface area (Å²) in [5.41, 5.74) is 2.75. The summed E-state index contributed by atoms with van der Waals surface area (Å²) in [6.07, 6.45) is 3.14. The van der Waals surface area contributed by atoms with Crippen LogP contribution in [0.1, 0.15) is 45.7 Å². The minimum absolute atomic E-state index is 0.0420. The van der Waals surface area contributed by atoms with E-state index in [0.717, 1.165) is 12.1 Å². The maximum Gasteiger partial charge on any atom is 0.257 e. The number of aliphatic hydroxyl groups is 1. The van der Waals surface area contributed by atoms with Gasteiger partial charge in [0.1, 0.15) is 11.9 Å². The molecular weight excluding hydrogens is 334 g/mol. The highest BCUT2D eigenvalue weighted by Gasteiger charge is 2.25. The summed E-state index contributed by atoms with van der Waals surface area (Å²) in [6, 6.07) is 5.34. The lowest BCUT2D eigenvalue weighted by atomic mass is 10.1. The van der Waals surface area contributed by atoms with Crippen molar-refractivity contribution in [2.75, 3.05) is 6.54 Å². The molecule has 26 heavy (non-hydrogen) atoms. The standard InChI is InChI=1S/C18H21N5O3/c1-12-14(5-9-26-12)18(25)22-7-3-8-23-13(11-22)10-15(20-23)17(24)16-4-6-19-21(16)2/h4-6,9-10,17,24H,3,7-8,11H2,1-2H3/t17-/m0/s1. The summed E-state index contributed by atoms with van der Waals surface area (Å²) in [4.78, 5) is 14.6. The van der Waals surface area contributed by atoms with Gasteiger partial charge in [-0.2, -0.15) is 10.2 Å². The predicted octanol–water partition coefficient (Wildman–Crippen LogP) is 1.65. The highest BCUT2D eigenvalue weighted by Crippen LogP contribution is 2.24. The number of amides is 1. The van der Waals surface area contributed by atoms with Crippen LogP contribution in [0.15, 0.2) is 35.1 Å². The number of carbonyl (C=O) groups is 1. The molecule has 4 rings (SSSR count). The number of aromatic nitrogens is 4. The maximum atomic E-state index is 12.8. The van der Waals surface area contributed by atoms with Crippen LogP contribution in [-0.4, -0.2) is 42.0 Å². The lowest BCUT2D eigenvalue weighted by molar-refractivity contribution is 0.0744. The molecule has 0 fully saturated rings. The molecule has 1 aliphatic rings. The average molecular weight is 355 g/mol. The first-order valence-electron chi connectivity index (χ1n) is 8.60. The normalized spacial score (nSPS) is 15.6. The Bertz CT molecular complexity index is 938. The Morgan fingerprint density at radius 1 is 1.35 bits per heavy atom. The van der Waals surface area contributed by atoms with Gasteiger partial charge in [-0.25, -0.2) is 0 Å². The predicted molar refractivity (Wildman–Crippen MR) is 92.3 cm³/mol. The summed E-state index contributed by atoms with van der Waals surface area (Å²) in [5, 5.41) is 19.3. The Morgan fingerprint density at radius 2 is 2.19 bits per heavy atom. The molecule has 136 valence electrons. The second-order valence-electron chi connectivity index (χ2n) is 6.54. The minimum Gasteiger partial charge on any atom is -0.469 e. The first-order valence-corrected chi connectivity index (χ1v) is 8.60. The molecule has 8 nitrogen and oxygen atoms in total. The number of fused-ring (bicyclic) bond motifs is 1. The third-order valence-electron chi connectivity index (χ3n) is 4.83. The first kappa shape index (κ1) is 16.6. The van der Waals surface area contributed by atoms with Crippen LogP contribution in [0.2, 0.25) is 0 Å². The lowest BCUT2D eigenvalue weighted by Crippen LogP contribution is -2.30. The van der Waals surface area contributed by atoms with E-state index in [4.69, 9.17) is 4.42 Å². The molecule has 3 aromatic rings. The maximum absolute atomic E-state index is 12.8. The molecule has 1 amide bonds. The van der Waals surface area contributed by atoms with Crippen molar-refractivity contribution >= 4 is 5.91 Å². The average Bonchev–Trinajstić information content (AvgIpc) is 3.31. The van der Waals surface area contributed by atoms with Crippen LogP contribution in [0.3, 0.4) is 0 Å². The molecule has 0 saturated carbocycles. The Morgan fingerprint density at radius 3 is 2.88 bits per heavy atom. The number of nitrogens with zero attached hydrogens (tertiary/aromatic N) is 5. The fraction of sp³-hybridized carbons (Fsp3) is 0.389. The third-order valence-corrected chi connectivity index (χ3v) is 4.83. The van der Waals surface area contributed by atoms with Gasteiger partial charge in [0.2, 0.25) is 0 Å². The van der Waals surface area contributed by atoms with Crippen molar-refractivity contribution in [2.24, 2.45) is 7.05 Å². The van der Waals surface area contributed by atoms with Crippen molar-refractivity contribution in [1.82, 2.24) is 24.5 Å². The largest absolute Gasteiger partial charge is 0.469 e. The number of furan rings is 1. The van der Waals surface area contributed by atoms with Crippen molar-refractivity contribution < 1.29 is 14.3 Å². The number of hydrogen-bond acceptors (Lipinski definition) is 5. The number of aliphatic hydroxyl groups excluding tert-OH is 1. The smallest absolute Gasteiger partial charge is 0.257 e. The summed E-state index contributed by atoms with van der Waals surface area (Å²) >= 11 is 0. The van der Waals surface area contributed by atoms with Gasteiger partial charge in [-0.15, -0.1) is 0 Å². The molecular formula is C18H21N5O3. The zero-order chi connectivity index (χ0) is 18.3. The van der Waals surface area contributed by atoms with E-state index in [1.807, 2.05) is 10.7 Å². The first-order chi connectivity index (χ1) is 12.5. The van der Waals surface area contributed by atoms with Crippen molar-refractivity contribution in [3.8, 4) is 0 Å². The van der Waals surface area contributed by atoms with Gasteiger partial charge in [-0.3, -0.25) is 14.2 Å². The van der Waals surface area contributed by atoms with Crippen LogP contribution in [-0.2, 0) is 20.1 Å². The van der Waals surface area contributed by atoms with Crippen LogP contribution in [0, 0.1) is 6.92 Å². The fourth-order valence-electron chi connectivity index (χ4n) is 3.37. The van der Waals surface area contributed by atoms with E-state index in [1.54, 1.807) is 41.9 Å².